The molecule has 0 spiro atoms. The molecule has 0 bridgehead atoms. The number of aliphatic hydroxyl groups excluding tert-OH is 1. The molecule has 1 atom stereocenters. The van der Waals surface area contributed by atoms with Gasteiger partial charge in [-0.2, -0.15) is 0 Å². The summed E-state index contributed by atoms with van der Waals surface area (Å²) in [6.45, 7) is 1.01. The number of carbonyl (C=O) groups excluding carboxylic acids is 1. The van der Waals surface area contributed by atoms with Crippen LogP contribution in [0.3, 0.4) is 0 Å². The maximum Gasteiger partial charge on any atom is 0.340 e. The molecule has 154 valence electrons. The molecule has 2 heterocycles. The van der Waals surface area contributed by atoms with E-state index in [0.29, 0.717) is 0 Å². The lowest BCUT2D eigenvalue weighted by molar-refractivity contribution is -0.139. The number of benzene rings is 1. The fourth-order valence-electron chi connectivity index (χ4n) is 2.95. The van der Waals surface area contributed by atoms with Crippen LogP contribution in [0.5, 0.6) is 5.75 Å². The van der Waals surface area contributed by atoms with Crippen molar-refractivity contribution in [3.8, 4) is 5.75 Å². The van der Waals surface area contributed by atoms with E-state index in [9.17, 15) is 25.1 Å². The molecule has 4 N–H and O–H groups in total. The Hall–Kier alpha value is -3.05. The highest BCUT2D eigenvalue weighted by Gasteiger charge is 2.40. The Morgan fingerprint density at radius 1 is 1.41 bits per heavy atom. The van der Waals surface area contributed by atoms with Crippen molar-refractivity contribution < 1.29 is 29.0 Å². The van der Waals surface area contributed by atoms with Crippen molar-refractivity contribution in [1.82, 2.24) is 0 Å². The molecule has 1 aliphatic rings. The van der Waals surface area contributed by atoms with E-state index >= 15 is 0 Å². The molecule has 1 aromatic carbocycles. The van der Waals surface area contributed by atoms with E-state index in [1.54, 1.807) is 6.92 Å². The summed E-state index contributed by atoms with van der Waals surface area (Å²) < 4.78 is 15.9. The molecule has 29 heavy (non-hydrogen) atoms. The van der Waals surface area contributed by atoms with E-state index < -0.39 is 35.0 Å². The average Bonchev–Trinajstić information content (AvgIpc) is 2.68. The van der Waals surface area contributed by atoms with Crippen LogP contribution in [-0.2, 0) is 16.1 Å². The summed E-state index contributed by atoms with van der Waals surface area (Å²) in [7, 11) is 0. The lowest BCUT2D eigenvalue weighted by Crippen LogP contribution is -2.30. The fraction of sp³-hybridized carbons (Fsp3) is 0.222. The van der Waals surface area contributed by atoms with Crippen LogP contribution in [0.1, 0.15) is 29.9 Å². The van der Waals surface area contributed by atoms with E-state index in [4.69, 9.17) is 31.2 Å². The largest absolute Gasteiger partial charge is 0.733 e. The highest BCUT2D eigenvalue weighted by molar-refractivity contribution is 6.31. The van der Waals surface area contributed by atoms with Gasteiger partial charge < -0.3 is 35.2 Å². The van der Waals surface area contributed by atoms with Crippen molar-refractivity contribution in [2.24, 2.45) is 5.73 Å². The van der Waals surface area contributed by atoms with Gasteiger partial charge in [0.25, 0.3) is 0 Å². The summed E-state index contributed by atoms with van der Waals surface area (Å²) in [4.78, 5) is 25.0. The first-order valence-corrected chi connectivity index (χ1v) is 8.74. The Morgan fingerprint density at radius 2 is 2.14 bits per heavy atom. The van der Waals surface area contributed by atoms with Crippen LogP contribution in [0.15, 0.2) is 44.9 Å². The minimum absolute atomic E-state index is 0.0224. The third-order valence-corrected chi connectivity index (χ3v) is 4.52. The van der Waals surface area contributed by atoms with E-state index in [1.165, 1.54) is 18.2 Å². The van der Waals surface area contributed by atoms with Crippen molar-refractivity contribution >= 4 is 23.3 Å². The lowest BCUT2D eigenvalue weighted by atomic mass is 9.86. The number of hydrogen-bond acceptors (Lipinski definition) is 10. The Labute approximate surface area is 168 Å². The van der Waals surface area contributed by atoms with Gasteiger partial charge in [0.05, 0.1) is 18.2 Å². The number of hydrogen-bond donors (Lipinski definition) is 3. The number of aliphatic hydroxyl groups is 1. The molecule has 0 unspecified atom stereocenters. The number of anilines is 1. The Balaban J connectivity index is 2.33. The van der Waals surface area contributed by atoms with Crippen molar-refractivity contribution in [1.29, 1.82) is 0 Å². The zero-order chi connectivity index (χ0) is 21.3. The van der Waals surface area contributed by atoms with E-state index in [1.807, 2.05) is 0 Å². The van der Waals surface area contributed by atoms with Crippen LogP contribution in [0.4, 0.5) is 5.69 Å². The minimum atomic E-state index is -1.20. The van der Waals surface area contributed by atoms with Gasteiger partial charge >= 0.3 is 5.97 Å². The molecule has 1 aromatic heterocycles. The molecule has 11 heteroatoms. The first-order valence-electron chi connectivity index (χ1n) is 8.36. The maximum absolute atomic E-state index is 12.6. The first-order chi connectivity index (χ1) is 13.8. The molecule has 0 saturated heterocycles. The SMILES string of the molecule is CCOC(=O)C1=C(N)Oc2c(oc(CO)cc2=O)[C@@H]1c1cc(N([O-])O)ccc1Cl. The standard InChI is InChI=1S/C18H16ClN2O8/c1-2-27-18(24)14-13(10-5-8(21(25)26)3-4-11(10)19)16-15(29-17(14)20)12(23)6-9(7-22)28-16/h3-6,13,22,25H,2,7,20H2,1H3/q-1/t13-/m1/s1. The van der Waals surface area contributed by atoms with Gasteiger partial charge in [-0.1, -0.05) is 11.6 Å². The predicted octanol–water partition coefficient (Wildman–Crippen LogP) is 1.74. The molecular formula is C18H16ClN2O8-. The summed E-state index contributed by atoms with van der Waals surface area (Å²) in [5.41, 5.74) is 4.96. The summed E-state index contributed by atoms with van der Waals surface area (Å²) in [5.74, 6) is -3.03. The molecule has 0 aliphatic carbocycles. The Morgan fingerprint density at radius 3 is 2.76 bits per heavy atom. The summed E-state index contributed by atoms with van der Waals surface area (Å²) in [6, 6.07) is 4.78. The second kappa shape index (κ2) is 8.13. The summed E-state index contributed by atoms with van der Waals surface area (Å²) in [5, 5.41) is 29.7. The van der Waals surface area contributed by atoms with Crippen LogP contribution in [0.2, 0.25) is 5.02 Å². The van der Waals surface area contributed by atoms with Gasteiger partial charge in [0, 0.05) is 11.1 Å². The van der Waals surface area contributed by atoms with E-state index in [0.717, 1.165) is 6.07 Å². The van der Waals surface area contributed by atoms with Gasteiger partial charge in [-0.3, -0.25) is 10.0 Å². The predicted molar refractivity (Wildman–Crippen MR) is 100 cm³/mol. The second-order valence-electron chi connectivity index (χ2n) is 5.94. The molecule has 2 aromatic rings. The fourth-order valence-corrected chi connectivity index (χ4v) is 3.18. The van der Waals surface area contributed by atoms with Crippen molar-refractivity contribution in [2.45, 2.75) is 19.4 Å². The molecule has 0 radical (unpaired) electrons. The number of esters is 1. The van der Waals surface area contributed by atoms with Crippen LogP contribution in [0, 0.1) is 5.21 Å². The highest BCUT2D eigenvalue weighted by atomic mass is 35.5. The molecular weight excluding hydrogens is 408 g/mol. The van der Waals surface area contributed by atoms with Gasteiger partial charge in [0.1, 0.15) is 17.9 Å². The smallest absolute Gasteiger partial charge is 0.340 e. The third kappa shape index (κ3) is 3.78. The number of rotatable bonds is 5. The number of fused-ring (bicyclic) bond motifs is 1. The number of ether oxygens (including phenoxy) is 2. The summed E-state index contributed by atoms with van der Waals surface area (Å²) >= 11 is 6.28. The van der Waals surface area contributed by atoms with E-state index in [-0.39, 0.29) is 45.7 Å². The van der Waals surface area contributed by atoms with E-state index in [2.05, 4.69) is 0 Å². The topological polar surface area (TPSA) is 159 Å². The van der Waals surface area contributed by atoms with Crippen molar-refractivity contribution in [2.75, 3.05) is 11.8 Å². The minimum Gasteiger partial charge on any atom is -0.733 e. The van der Waals surface area contributed by atoms with Crippen LogP contribution in [0.25, 0.3) is 0 Å². The molecule has 1 aliphatic heterocycles. The van der Waals surface area contributed by atoms with Crippen LogP contribution < -0.4 is 21.1 Å². The Kier molecular flexibility index (Phi) is 5.80. The van der Waals surface area contributed by atoms with Gasteiger partial charge in [0.15, 0.2) is 5.76 Å². The van der Waals surface area contributed by atoms with Gasteiger partial charge in [0.2, 0.25) is 17.1 Å². The zero-order valence-corrected chi connectivity index (χ0v) is 15.8. The van der Waals surface area contributed by atoms with Gasteiger partial charge in [-0.15, -0.1) is 0 Å². The lowest BCUT2D eigenvalue weighted by Gasteiger charge is -2.29. The second-order valence-corrected chi connectivity index (χ2v) is 6.35. The first kappa shape index (κ1) is 20.7. The average molecular weight is 424 g/mol. The molecule has 0 saturated carbocycles. The molecule has 0 amide bonds. The monoisotopic (exact) mass is 423 g/mol. The number of nitrogens with zero attached hydrogens (tertiary/aromatic N) is 1. The zero-order valence-electron chi connectivity index (χ0n) is 15.0. The number of carbonyl (C=O) groups is 1. The molecule has 10 nitrogen and oxygen atoms in total. The maximum atomic E-state index is 12.6. The normalized spacial score (nSPS) is 15.6. The third-order valence-electron chi connectivity index (χ3n) is 4.17. The number of nitrogens with two attached hydrogens (primary N) is 1. The van der Waals surface area contributed by atoms with Gasteiger partial charge in [-0.25, -0.2) is 4.79 Å². The van der Waals surface area contributed by atoms with Crippen LogP contribution in [-0.4, -0.2) is 22.9 Å². The molecule has 3 rings (SSSR count). The summed E-state index contributed by atoms with van der Waals surface area (Å²) in [6.07, 6.45) is 0. The molecule has 0 fully saturated rings. The van der Waals surface area contributed by atoms with Crippen LogP contribution >= 0.6 is 11.6 Å². The quantitative estimate of drug-likeness (QED) is 0.477. The van der Waals surface area contributed by atoms with Crippen molar-refractivity contribution in [3.05, 3.63) is 73.3 Å². The van der Waals surface area contributed by atoms with Gasteiger partial charge in [-0.05, 0) is 30.7 Å². The number of halogens is 1. The Bertz CT molecular complexity index is 1050. The van der Waals surface area contributed by atoms with Crippen molar-refractivity contribution in [3.63, 3.8) is 0 Å². The highest BCUT2D eigenvalue weighted by Crippen LogP contribution is 2.44.